The Morgan fingerprint density at radius 3 is 2.88 bits per heavy atom. The number of nitro groups is 1. The number of carbonyl (C=O) groups is 2. The van der Waals surface area contributed by atoms with Gasteiger partial charge in [0.05, 0.1) is 11.3 Å². The summed E-state index contributed by atoms with van der Waals surface area (Å²) in [5.41, 5.74) is -1.35. The maximum atomic E-state index is 12.8. The van der Waals surface area contributed by atoms with Gasteiger partial charge in [-0.2, -0.15) is 4.99 Å². The predicted octanol–water partition coefficient (Wildman–Crippen LogP) is 2.01. The quantitative estimate of drug-likeness (QED) is 0.675. The number of amidine groups is 1. The van der Waals surface area contributed by atoms with E-state index in [2.05, 4.69) is 10.3 Å². The van der Waals surface area contributed by atoms with E-state index in [1.165, 1.54) is 18.2 Å². The molecule has 0 spiro atoms. The molecule has 0 saturated heterocycles. The first-order valence-electron chi connectivity index (χ1n) is 7.22. The van der Waals surface area contributed by atoms with Gasteiger partial charge in [0.25, 0.3) is 17.5 Å². The summed E-state index contributed by atoms with van der Waals surface area (Å²) in [6.45, 7) is 1.60. The minimum Gasteiger partial charge on any atom is -0.318 e. The van der Waals surface area contributed by atoms with E-state index in [0.717, 1.165) is 0 Å². The molecule has 1 unspecified atom stereocenters. The number of nitro benzene ring substituents is 1. The number of hydrogen-bond acceptors (Lipinski definition) is 5. The molecule has 8 nitrogen and oxygen atoms in total. The summed E-state index contributed by atoms with van der Waals surface area (Å²) in [7, 11) is 0. The second-order valence-electron chi connectivity index (χ2n) is 5.61. The van der Waals surface area contributed by atoms with Gasteiger partial charge >= 0.3 is 0 Å². The lowest BCUT2D eigenvalue weighted by Gasteiger charge is -2.41. The van der Waals surface area contributed by atoms with Gasteiger partial charge in [-0.25, -0.2) is 0 Å². The van der Waals surface area contributed by atoms with Crippen LogP contribution in [0.2, 0.25) is 0 Å². The van der Waals surface area contributed by atoms with Gasteiger partial charge in [0.2, 0.25) is 0 Å². The van der Waals surface area contributed by atoms with Crippen molar-refractivity contribution < 1.29 is 14.5 Å². The van der Waals surface area contributed by atoms with Crippen molar-refractivity contribution in [1.29, 1.82) is 0 Å². The number of rotatable bonds is 3. The molecule has 2 amide bonds. The van der Waals surface area contributed by atoms with Crippen LogP contribution in [0, 0.1) is 10.1 Å². The van der Waals surface area contributed by atoms with Crippen molar-refractivity contribution >= 4 is 29.0 Å². The van der Waals surface area contributed by atoms with Gasteiger partial charge in [0, 0.05) is 12.3 Å². The monoisotopic (exact) mass is 326 g/mol. The number of carbonyl (C=O) groups excluding carboxylic acids is 2. The molecule has 0 radical (unpaired) electrons. The van der Waals surface area contributed by atoms with E-state index in [4.69, 9.17) is 0 Å². The third kappa shape index (κ3) is 2.58. The van der Waals surface area contributed by atoms with Crippen LogP contribution in [0.1, 0.15) is 13.3 Å². The molecule has 24 heavy (non-hydrogen) atoms. The lowest BCUT2D eigenvalue weighted by atomic mass is 9.91. The first kappa shape index (κ1) is 15.6. The van der Waals surface area contributed by atoms with E-state index in [1.54, 1.807) is 42.3 Å². The van der Waals surface area contributed by atoms with Gasteiger partial charge in [-0.1, -0.05) is 18.2 Å². The molecule has 8 heteroatoms. The Morgan fingerprint density at radius 1 is 1.38 bits per heavy atom. The third-order valence-electron chi connectivity index (χ3n) is 3.94. The van der Waals surface area contributed by atoms with Crippen molar-refractivity contribution in [3.8, 4) is 0 Å². The number of aliphatic imine (C=N–C) groups is 1. The Balaban J connectivity index is 1.94. The molecule has 1 atom stereocenters. The lowest BCUT2D eigenvalue weighted by Crippen LogP contribution is -2.58. The van der Waals surface area contributed by atoms with Crippen LogP contribution in [0.15, 0.2) is 53.7 Å². The molecule has 2 heterocycles. The zero-order valence-electron chi connectivity index (χ0n) is 12.8. The smallest absolute Gasteiger partial charge is 0.292 e. The SMILES string of the molecule is CC1(C(=O)Nc2ccccc2[N+](=O)[O-])CC(=O)N=C2C=CC=CN21. The summed E-state index contributed by atoms with van der Waals surface area (Å²) < 4.78 is 0. The second kappa shape index (κ2) is 5.73. The highest BCUT2D eigenvalue weighted by Crippen LogP contribution is 2.31. The van der Waals surface area contributed by atoms with Crippen LogP contribution < -0.4 is 5.32 Å². The molecule has 1 aromatic carbocycles. The molecule has 1 aromatic rings. The first-order valence-corrected chi connectivity index (χ1v) is 7.22. The first-order chi connectivity index (χ1) is 11.4. The topological polar surface area (TPSA) is 105 Å². The Kier molecular flexibility index (Phi) is 3.72. The van der Waals surface area contributed by atoms with Crippen molar-refractivity contribution in [2.75, 3.05) is 5.32 Å². The number of benzene rings is 1. The fraction of sp³-hybridized carbons (Fsp3) is 0.188. The fourth-order valence-electron chi connectivity index (χ4n) is 2.67. The normalized spacial score (nSPS) is 22.0. The number of amides is 2. The van der Waals surface area contributed by atoms with E-state index in [-0.39, 0.29) is 17.8 Å². The minimum atomic E-state index is -1.22. The number of nitrogens with one attached hydrogen (secondary N) is 1. The van der Waals surface area contributed by atoms with Crippen LogP contribution in [-0.4, -0.2) is 33.0 Å². The molecule has 3 rings (SSSR count). The highest BCUT2D eigenvalue weighted by Gasteiger charge is 2.45. The second-order valence-corrected chi connectivity index (χ2v) is 5.61. The largest absolute Gasteiger partial charge is 0.318 e. The van der Waals surface area contributed by atoms with Gasteiger partial charge in [0.1, 0.15) is 17.1 Å². The number of hydrogen-bond donors (Lipinski definition) is 1. The van der Waals surface area contributed by atoms with Gasteiger partial charge in [-0.05, 0) is 25.1 Å². The number of allylic oxidation sites excluding steroid dienone is 2. The average molecular weight is 326 g/mol. The Bertz CT molecular complexity index is 827. The zero-order valence-corrected chi connectivity index (χ0v) is 12.8. The maximum Gasteiger partial charge on any atom is 0.292 e. The van der Waals surface area contributed by atoms with Gasteiger partial charge in [-0.15, -0.1) is 0 Å². The molecular weight excluding hydrogens is 312 g/mol. The Hall–Kier alpha value is -3.29. The van der Waals surface area contributed by atoms with E-state index >= 15 is 0 Å². The number of anilines is 1. The minimum absolute atomic E-state index is 0.0850. The van der Waals surface area contributed by atoms with Crippen molar-refractivity contribution in [3.05, 3.63) is 58.8 Å². The highest BCUT2D eigenvalue weighted by atomic mass is 16.6. The van der Waals surface area contributed by atoms with Crippen LogP contribution >= 0.6 is 0 Å². The van der Waals surface area contributed by atoms with E-state index in [1.807, 2.05) is 0 Å². The number of para-hydroxylation sites is 2. The lowest BCUT2D eigenvalue weighted by molar-refractivity contribution is -0.383. The summed E-state index contributed by atoms with van der Waals surface area (Å²) >= 11 is 0. The van der Waals surface area contributed by atoms with Gasteiger partial charge < -0.3 is 10.2 Å². The molecule has 0 aliphatic carbocycles. The third-order valence-corrected chi connectivity index (χ3v) is 3.94. The molecule has 2 aliphatic heterocycles. The van der Waals surface area contributed by atoms with Crippen molar-refractivity contribution in [1.82, 2.24) is 4.90 Å². The molecule has 122 valence electrons. The van der Waals surface area contributed by atoms with E-state index in [9.17, 15) is 19.7 Å². The van der Waals surface area contributed by atoms with Gasteiger partial charge in [0.15, 0.2) is 0 Å². The molecular formula is C16H14N4O4. The predicted molar refractivity (Wildman–Crippen MR) is 87.3 cm³/mol. The maximum absolute atomic E-state index is 12.8. The Morgan fingerprint density at radius 2 is 2.12 bits per heavy atom. The number of fused-ring (bicyclic) bond motifs is 1. The van der Waals surface area contributed by atoms with E-state index < -0.39 is 22.3 Å². The van der Waals surface area contributed by atoms with Crippen molar-refractivity contribution in [3.63, 3.8) is 0 Å². The van der Waals surface area contributed by atoms with E-state index in [0.29, 0.717) is 5.84 Å². The fourth-order valence-corrected chi connectivity index (χ4v) is 2.67. The van der Waals surface area contributed by atoms with Crippen LogP contribution in [-0.2, 0) is 9.59 Å². The van der Waals surface area contributed by atoms with Gasteiger partial charge in [-0.3, -0.25) is 19.7 Å². The molecule has 0 aromatic heterocycles. The van der Waals surface area contributed by atoms with Crippen LogP contribution in [0.4, 0.5) is 11.4 Å². The van der Waals surface area contributed by atoms with Crippen LogP contribution in [0.3, 0.4) is 0 Å². The molecule has 2 aliphatic rings. The molecule has 1 N–H and O–H groups in total. The van der Waals surface area contributed by atoms with Crippen LogP contribution in [0.5, 0.6) is 0 Å². The summed E-state index contributed by atoms with van der Waals surface area (Å²) in [5.74, 6) is -0.562. The summed E-state index contributed by atoms with van der Waals surface area (Å²) in [4.78, 5) is 40.8. The zero-order chi connectivity index (χ0) is 17.3. The van der Waals surface area contributed by atoms with Crippen molar-refractivity contribution in [2.24, 2.45) is 4.99 Å². The number of nitrogens with zero attached hydrogens (tertiary/aromatic N) is 3. The summed E-state index contributed by atoms with van der Waals surface area (Å²) in [6.07, 6.45) is 6.61. The van der Waals surface area contributed by atoms with Crippen LogP contribution in [0.25, 0.3) is 0 Å². The molecule has 0 bridgehead atoms. The average Bonchev–Trinajstić information content (AvgIpc) is 2.55. The highest BCUT2D eigenvalue weighted by molar-refractivity contribution is 6.12. The standard InChI is InChI=1S/C16H14N4O4/c1-16(10-14(21)18-13-8-4-5-9-19(13)16)15(22)17-11-6-2-3-7-12(11)20(23)24/h2-9H,10H2,1H3,(H,17,22). The summed E-state index contributed by atoms with van der Waals surface area (Å²) in [6, 6.07) is 5.86. The molecule has 0 fully saturated rings. The van der Waals surface area contributed by atoms with Crippen molar-refractivity contribution in [2.45, 2.75) is 18.9 Å². The summed E-state index contributed by atoms with van der Waals surface area (Å²) in [5, 5.41) is 13.7. The Labute approximate surface area is 137 Å². The molecule has 0 saturated carbocycles.